The third-order valence-corrected chi connectivity index (χ3v) is 4.81. The Labute approximate surface area is 111 Å². The fourth-order valence-corrected chi connectivity index (χ4v) is 3.83. The van der Waals surface area contributed by atoms with E-state index in [1.807, 2.05) is 0 Å². The van der Waals surface area contributed by atoms with Crippen LogP contribution in [0, 0.1) is 5.92 Å². The smallest absolute Gasteiger partial charge is 0.0498 e. The molecule has 1 N–H and O–H groups in total. The van der Waals surface area contributed by atoms with Gasteiger partial charge in [0.05, 0.1) is 0 Å². The third-order valence-electron chi connectivity index (χ3n) is 4.81. The van der Waals surface area contributed by atoms with Crippen molar-refractivity contribution in [3.63, 3.8) is 0 Å². The molecule has 1 aliphatic carbocycles. The molecule has 0 aromatic carbocycles. The largest absolute Gasteiger partial charge is 0.364 e. The molecular formula is C16H26N2. The molecule has 1 unspecified atom stereocenters. The van der Waals surface area contributed by atoms with Crippen molar-refractivity contribution < 1.29 is 0 Å². The maximum absolute atomic E-state index is 3.42. The Hall–Kier alpha value is -0.760. The van der Waals surface area contributed by atoms with Gasteiger partial charge in [0.25, 0.3) is 0 Å². The molecule has 100 valence electrons. The summed E-state index contributed by atoms with van der Waals surface area (Å²) in [5.74, 6) is 0.961. The molecule has 1 aliphatic heterocycles. The highest BCUT2D eigenvalue weighted by Crippen LogP contribution is 2.33. The Morgan fingerprint density at radius 2 is 1.89 bits per heavy atom. The number of rotatable bonds is 3. The first-order valence-corrected chi connectivity index (χ1v) is 7.81. The zero-order valence-corrected chi connectivity index (χ0v) is 11.4. The maximum Gasteiger partial charge on any atom is 0.0498 e. The van der Waals surface area contributed by atoms with Gasteiger partial charge in [-0.15, -0.1) is 0 Å². The van der Waals surface area contributed by atoms with Crippen LogP contribution in [0.5, 0.6) is 0 Å². The van der Waals surface area contributed by atoms with Gasteiger partial charge in [-0.3, -0.25) is 4.90 Å². The molecule has 18 heavy (non-hydrogen) atoms. The molecule has 1 saturated heterocycles. The fraction of sp³-hybridized carbons (Fsp3) is 0.750. The lowest BCUT2D eigenvalue weighted by Crippen LogP contribution is -2.29. The van der Waals surface area contributed by atoms with Gasteiger partial charge in [0.2, 0.25) is 0 Å². The van der Waals surface area contributed by atoms with Crippen molar-refractivity contribution in [3.8, 4) is 0 Å². The Morgan fingerprint density at radius 3 is 2.61 bits per heavy atom. The van der Waals surface area contributed by atoms with Gasteiger partial charge in [0, 0.05) is 24.5 Å². The van der Waals surface area contributed by atoms with E-state index in [2.05, 4.69) is 28.2 Å². The van der Waals surface area contributed by atoms with Crippen LogP contribution in [0.4, 0.5) is 0 Å². The van der Waals surface area contributed by atoms with Crippen molar-refractivity contribution in [2.24, 2.45) is 5.92 Å². The van der Waals surface area contributed by atoms with Crippen molar-refractivity contribution >= 4 is 0 Å². The molecule has 1 aromatic heterocycles. The summed E-state index contributed by atoms with van der Waals surface area (Å²) in [6.07, 6.45) is 13.6. The first-order chi connectivity index (χ1) is 8.93. The van der Waals surface area contributed by atoms with E-state index in [0.717, 1.165) is 5.92 Å². The number of hydrogen-bond donors (Lipinski definition) is 1. The lowest BCUT2D eigenvalue weighted by Gasteiger charge is -2.28. The third kappa shape index (κ3) is 2.80. The SMILES string of the molecule is c1c[nH]c(C2CCCN2CC2CCCCCC2)c1. The fourth-order valence-electron chi connectivity index (χ4n) is 3.83. The normalized spacial score (nSPS) is 27.4. The number of H-pyrrole nitrogens is 1. The number of aromatic amines is 1. The molecule has 0 amide bonds. The molecule has 2 heteroatoms. The van der Waals surface area contributed by atoms with Crippen molar-refractivity contribution in [3.05, 3.63) is 24.0 Å². The molecule has 1 atom stereocenters. The van der Waals surface area contributed by atoms with Crippen LogP contribution in [-0.2, 0) is 0 Å². The Morgan fingerprint density at radius 1 is 1.06 bits per heavy atom. The zero-order valence-electron chi connectivity index (χ0n) is 11.4. The summed E-state index contributed by atoms with van der Waals surface area (Å²) in [6.45, 7) is 2.64. The maximum atomic E-state index is 3.42. The minimum absolute atomic E-state index is 0.670. The van der Waals surface area contributed by atoms with Crippen LogP contribution < -0.4 is 0 Å². The molecule has 2 heterocycles. The van der Waals surface area contributed by atoms with E-state index in [-0.39, 0.29) is 0 Å². The minimum Gasteiger partial charge on any atom is -0.364 e. The molecule has 1 aromatic rings. The van der Waals surface area contributed by atoms with Crippen LogP contribution in [-0.4, -0.2) is 23.0 Å². The average Bonchev–Trinajstić information content (AvgIpc) is 2.97. The van der Waals surface area contributed by atoms with Crippen LogP contribution in [0.25, 0.3) is 0 Å². The van der Waals surface area contributed by atoms with Crippen molar-refractivity contribution in [2.45, 2.75) is 57.4 Å². The van der Waals surface area contributed by atoms with Gasteiger partial charge < -0.3 is 4.98 Å². The molecule has 2 aliphatic rings. The molecule has 0 radical (unpaired) electrons. The number of likely N-dealkylation sites (tertiary alicyclic amines) is 1. The molecule has 3 rings (SSSR count). The van der Waals surface area contributed by atoms with Crippen LogP contribution >= 0.6 is 0 Å². The summed E-state index contributed by atoms with van der Waals surface area (Å²) in [6, 6.07) is 5.07. The second-order valence-electron chi connectivity index (χ2n) is 6.14. The molecule has 2 nitrogen and oxygen atoms in total. The summed E-state index contributed by atoms with van der Waals surface area (Å²) < 4.78 is 0. The standard InChI is InChI=1S/C16H26N2/c1-2-4-8-14(7-3-1)13-18-12-6-10-16(18)15-9-5-11-17-15/h5,9,11,14,16-17H,1-4,6-8,10,12-13H2. The van der Waals surface area contributed by atoms with Crippen molar-refractivity contribution in [1.29, 1.82) is 0 Å². The highest BCUT2D eigenvalue weighted by Gasteiger charge is 2.28. The lowest BCUT2D eigenvalue weighted by atomic mass is 9.99. The number of hydrogen-bond acceptors (Lipinski definition) is 1. The minimum atomic E-state index is 0.670. The zero-order chi connectivity index (χ0) is 12.2. The van der Waals surface area contributed by atoms with Gasteiger partial charge >= 0.3 is 0 Å². The average molecular weight is 246 g/mol. The summed E-state index contributed by atoms with van der Waals surface area (Å²) >= 11 is 0. The first-order valence-electron chi connectivity index (χ1n) is 7.81. The van der Waals surface area contributed by atoms with Gasteiger partial charge in [-0.05, 0) is 50.3 Å². The summed E-state index contributed by atoms with van der Waals surface area (Å²) in [5.41, 5.74) is 1.43. The molecule has 1 saturated carbocycles. The van der Waals surface area contributed by atoms with Crippen molar-refractivity contribution in [1.82, 2.24) is 9.88 Å². The van der Waals surface area contributed by atoms with Crippen LogP contribution in [0.2, 0.25) is 0 Å². The number of nitrogens with one attached hydrogen (secondary N) is 1. The lowest BCUT2D eigenvalue weighted by molar-refractivity contribution is 0.202. The summed E-state index contributed by atoms with van der Waals surface area (Å²) in [7, 11) is 0. The second-order valence-corrected chi connectivity index (χ2v) is 6.14. The molecule has 0 spiro atoms. The van der Waals surface area contributed by atoms with E-state index in [0.29, 0.717) is 6.04 Å². The number of nitrogens with zero attached hydrogens (tertiary/aromatic N) is 1. The van der Waals surface area contributed by atoms with Gasteiger partial charge in [-0.25, -0.2) is 0 Å². The first kappa shape index (κ1) is 12.3. The van der Waals surface area contributed by atoms with Crippen LogP contribution in [0.15, 0.2) is 18.3 Å². The second kappa shape index (κ2) is 5.92. The van der Waals surface area contributed by atoms with E-state index in [1.54, 1.807) is 0 Å². The topological polar surface area (TPSA) is 19.0 Å². The van der Waals surface area contributed by atoms with Gasteiger partial charge in [-0.2, -0.15) is 0 Å². The quantitative estimate of drug-likeness (QED) is 0.795. The molecule has 2 fully saturated rings. The van der Waals surface area contributed by atoms with Gasteiger partial charge in [-0.1, -0.05) is 25.7 Å². The summed E-state index contributed by atoms with van der Waals surface area (Å²) in [4.78, 5) is 6.15. The molecular weight excluding hydrogens is 220 g/mol. The van der Waals surface area contributed by atoms with Gasteiger partial charge in [0.1, 0.15) is 0 Å². The monoisotopic (exact) mass is 246 g/mol. The van der Waals surface area contributed by atoms with E-state index >= 15 is 0 Å². The van der Waals surface area contributed by atoms with Gasteiger partial charge in [0.15, 0.2) is 0 Å². The Balaban J connectivity index is 1.60. The molecule has 0 bridgehead atoms. The predicted octanol–water partition coefficient (Wildman–Crippen LogP) is 4.12. The summed E-state index contributed by atoms with van der Waals surface area (Å²) in [5, 5.41) is 0. The van der Waals surface area contributed by atoms with Crippen LogP contribution in [0.1, 0.15) is 63.1 Å². The Kier molecular flexibility index (Phi) is 4.04. The van der Waals surface area contributed by atoms with E-state index in [1.165, 1.54) is 70.2 Å². The van der Waals surface area contributed by atoms with E-state index < -0.39 is 0 Å². The predicted molar refractivity (Wildman–Crippen MR) is 75.5 cm³/mol. The highest BCUT2D eigenvalue weighted by molar-refractivity contribution is 5.11. The highest BCUT2D eigenvalue weighted by atomic mass is 15.2. The van der Waals surface area contributed by atoms with E-state index in [9.17, 15) is 0 Å². The van der Waals surface area contributed by atoms with Crippen LogP contribution in [0.3, 0.4) is 0 Å². The van der Waals surface area contributed by atoms with E-state index in [4.69, 9.17) is 0 Å². The number of aromatic nitrogens is 1. The van der Waals surface area contributed by atoms with Crippen molar-refractivity contribution in [2.75, 3.05) is 13.1 Å². The Bertz CT molecular complexity index is 336.